The van der Waals surface area contributed by atoms with E-state index in [-0.39, 0.29) is 11.9 Å². The molecular weight excluding hydrogens is 316 g/mol. The normalized spacial score (nSPS) is 19.8. The van der Waals surface area contributed by atoms with E-state index in [0.29, 0.717) is 5.89 Å². The van der Waals surface area contributed by atoms with Crippen LogP contribution in [0.2, 0.25) is 0 Å². The lowest BCUT2D eigenvalue weighted by Gasteiger charge is -2.21. The van der Waals surface area contributed by atoms with Crippen LogP contribution in [0.25, 0.3) is 0 Å². The van der Waals surface area contributed by atoms with Gasteiger partial charge in [0.2, 0.25) is 5.89 Å². The molecule has 0 saturated carbocycles. The van der Waals surface area contributed by atoms with Crippen LogP contribution in [-0.2, 0) is 17.3 Å². The van der Waals surface area contributed by atoms with Crippen LogP contribution in [0.15, 0.2) is 33.7 Å². The number of primary amides is 1. The number of hydrogen-bond donors (Lipinski definition) is 1. The molecule has 0 spiro atoms. The average molecular weight is 334 g/mol. The van der Waals surface area contributed by atoms with Gasteiger partial charge in [0.05, 0.1) is 6.04 Å². The number of carbonyl (C=O) groups excluding carboxylic acids is 1. The Morgan fingerprint density at radius 1 is 1.43 bits per heavy atom. The van der Waals surface area contributed by atoms with Crippen molar-refractivity contribution in [2.75, 3.05) is 12.8 Å². The Kier molecular flexibility index (Phi) is 4.53. The van der Waals surface area contributed by atoms with Crippen LogP contribution >= 0.6 is 0 Å². The lowest BCUT2D eigenvalue weighted by Crippen LogP contribution is -2.23. The zero-order chi connectivity index (χ0) is 16.4. The second kappa shape index (κ2) is 6.59. The summed E-state index contributed by atoms with van der Waals surface area (Å²) in [4.78, 5) is 18.2. The minimum absolute atomic E-state index is 0.00409. The van der Waals surface area contributed by atoms with Crippen LogP contribution in [-0.4, -0.2) is 38.0 Å². The molecule has 2 atom stereocenters. The Morgan fingerprint density at radius 3 is 2.78 bits per heavy atom. The highest BCUT2D eigenvalue weighted by Gasteiger charge is 2.31. The minimum Gasteiger partial charge on any atom is -0.363 e. The van der Waals surface area contributed by atoms with Gasteiger partial charge in [-0.05, 0) is 37.1 Å². The van der Waals surface area contributed by atoms with Gasteiger partial charge in [-0.15, -0.1) is 0 Å². The number of aromatic nitrogens is 2. The number of rotatable bonds is 5. The zero-order valence-electron chi connectivity index (χ0n) is 12.8. The van der Waals surface area contributed by atoms with Gasteiger partial charge in [0.1, 0.15) is 0 Å². The minimum atomic E-state index is -0.970. The standard InChI is InChI=1S/C15H18N4O3S/c1-23(21)11-6-4-10(5-7-11)9-19-8-2-3-12(19)15-17-14(13(16)20)18-22-15/h4-7,12H,2-3,8-9H2,1H3,(H2,16,20)/t12-,23-/m0/s1. The molecule has 1 saturated heterocycles. The van der Waals surface area contributed by atoms with Crippen molar-refractivity contribution in [3.8, 4) is 0 Å². The number of benzene rings is 1. The van der Waals surface area contributed by atoms with E-state index in [4.69, 9.17) is 10.3 Å². The summed E-state index contributed by atoms with van der Waals surface area (Å²) in [6.45, 7) is 1.65. The molecule has 0 unspecified atom stereocenters. The third-order valence-corrected chi connectivity index (χ3v) is 4.89. The van der Waals surface area contributed by atoms with Gasteiger partial charge in [-0.25, -0.2) is 0 Å². The van der Waals surface area contributed by atoms with E-state index in [1.165, 1.54) is 0 Å². The van der Waals surface area contributed by atoms with Gasteiger partial charge in [-0.3, -0.25) is 13.9 Å². The molecule has 3 rings (SSSR count). The number of hydrogen-bond acceptors (Lipinski definition) is 6. The van der Waals surface area contributed by atoms with E-state index in [1.54, 1.807) is 6.26 Å². The Hall–Kier alpha value is -2.06. The smallest absolute Gasteiger partial charge is 0.290 e. The molecular formula is C15H18N4O3S. The van der Waals surface area contributed by atoms with Crippen molar-refractivity contribution in [1.82, 2.24) is 15.0 Å². The maximum absolute atomic E-state index is 11.4. The van der Waals surface area contributed by atoms with Crippen molar-refractivity contribution in [2.24, 2.45) is 5.73 Å². The lowest BCUT2D eigenvalue weighted by atomic mass is 10.2. The van der Waals surface area contributed by atoms with Crippen LogP contribution in [0, 0.1) is 0 Å². The molecule has 2 N–H and O–H groups in total. The first-order chi connectivity index (χ1) is 11.0. The maximum Gasteiger partial charge on any atom is 0.290 e. The average Bonchev–Trinajstić information content (AvgIpc) is 3.16. The van der Waals surface area contributed by atoms with Crippen molar-refractivity contribution in [3.63, 3.8) is 0 Å². The van der Waals surface area contributed by atoms with Crippen LogP contribution < -0.4 is 5.73 Å². The largest absolute Gasteiger partial charge is 0.363 e. The fourth-order valence-corrected chi connectivity index (χ4v) is 3.31. The predicted molar refractivity (Wildman–Crippen MR) is 84.0 cm³/mol. The first kappa shape index (κ1) is 15.8. The molecule has 0 aliphatic carbocycles. The number of nitrogens with two attached hydrogens (primary N) is 1. The molecule has 1 fully saturated rings. The third-order valence-electron chi connectivity index (χ3n) is 3.95. The van der Waals surface area contributed by atoms with E-state index < -0.39 is 16.7 Å². The van der Waals surface area contributed by atoms with Crippen molar-refractivity contribution in [3.05, 3.63) is 41.5 Å². The molecule has 122 valence electrons. The van der Waals surface area contributed by atoms with Crippen molar-refractivity contribution >= 4 is 16.7 Å². The van der Waals surface area contributed by atoms with Crippen LogP contribution in [0.5, 0.6) is 0 Å². The van der Waals surface area contributed by atoms with E-state index in [1.807, 2.05) is 24.3 Å². The molecule has 1 aliphatic rings. The summed E-state index contributed by atoms with van der Waals surface area (Å²) in [5, 5.41) is 3.61. The Labute approximate surface area is 136 Å². The van der Waals surface area contributed by atoms with Gasteiger partial charge in [-0.1, -0.05) is 17.3 Å². The van der Waals surface area contributed by atoms with Gasteiger partial charge in [0.15, 0.2) is 0 Å². The first-order valence-corrected chi connectivity index (χ1v) is 8.90. The highest BCUT2D eigenvalue weighted by atomic mass is 32.2. The fraction of sp³-hybridized carbons (Fsp3) is 0.400. The Balaban J connectivity index is 1.73. The van der Waals surface area contributed by atoms with Crippen molar-refractivity contribution in [1.29, 1.82) is 0 Å². The highest BCUT2D eigenvalue weighted by molar-refractivity contribution is 7.84. The molecule has 1 aliphatic heterocycles. The number of likely N-dealkylation sites (tertiary alicyclic amines) is 1. The molecule has 7 nitrogen and oxygen atoms in total. The van der Waals surface area contributed by atoms with Crippen LogP contribution in [0.4, 0.5) is 0 Å². The quantitative estimate of drug-likeness (QED) is 0.882. The lowest BCUT2D eigenvalue weighted by molar-refractivity contribution is 0.0987. The highest BCUT2D eigenvalue weighted by Crippen LogP contribution is 2.32. The summed E-state index contributed by atoms with van der Waals surface area (Å²) in [5.41, 5.74) is 6.29. The van der Waals surface area contributed by atoms with Crippen LogP contribution in [0.1, 0.15) is 41.0 Å². The molecule has 8 heteroatoms. The zero-order valence-corrected chi connectivity index (χ0v) is 13.6. The Morgan fingerprint density at radius 2 is 2.17 bits per heavy atom. The summed E-state index contributed by atoms with van der Waals surface area (Å²) < 4.78 is 16.6. The predicted octanol–water partition coefficient (Wildman–Crippen LogP) is 1.24. The molecule has 1 amide bonds. The fourth-order valence-electron chi connectivity index (χ4n) is 2.79. The van der Waals surface area contributed by atoms with E-state index in [2.05, 4.69) is 15.0 Å². The number of amides is 1. The SMILES string of the molecule is C[S@](=O)c1ccc(CN2CCC[C@H]2c2nc(C(N)=O)no2)cc1. The molecule has 2 heterocycles. The van der Waals surface area contributed by atoms with E-state index in [0.717, 1.165) is 36.4 Å². The molecule has 0 bridgehead atoms. The van der Waals surface area contributed by atoms with Crippen molar-refractivity contribution in [2.45, 2.75) is 30.3 Å². The summed E-state index contributed by atoms with van der Waals surface area (Å²) >= 11 is 0. The summed E-state index contributed by atoms with van der Waals surface area (Å²) in [7, 11) is -0.970. The van der Waals surface area contributed by atoms with E-state index >= 15 is 0 Å². The second-order valence-corrected chi connectivity index (χ2v) is 6.93. The van der Waals surface area contributed by atoms with Gasteiger partial charge in [0.25, 0.3) is 11.7 Å². The topological polar surface area (TPSA) is 102 Å². The van der Waals surface area contributed by atoms with E-state index in [9.17, 15) is 9.00 Å². The second-order valence-electron chi connectivity index (χ2n) is 5.55. The van der Waals surface area contributed by atoms with Gasteiger partial charge >= 0.3 is 0 Å². The summed E-state index contributed by atoms with van der Waals surface area (Å²) in [6, 6.07) is 7.72. The molecule has 2 aromatic rings. The number of nitrogens with zero attached hydrogens (tertiary/aromatic N) is 3. The Bertz CT molecular complexity index is 729. The van der Waals surface area contributed by atoms with Gasteiger partial charge < -0.3 is 10.3 Å². The third kappa shape index (κ3) is 3.48. The van der Waals surface area contributed by atoms with Gasteiger partial charge in [-0.2, -0.15) is 4.98 Å². The summed E-state index contributed by atoms with van der Waals surface area (Å²) in [6.07, 6.45) is 3.59. The molecule has 1 aromatic carbocycles. The van der Waals surface area contributed by atoms with Gasteiger partial charge in [0, 0.05) is 28.5 Å². The summed E-state index contributed by atoms with van der Waals surface area (Å²) in [5.74, 6) is -0.336. The molecule has 0 radical (unpaired) electrons. The first-order valence-electron chi connectivity index (χ1n) is 7.34. The number of carbonyl (C=O) groups is 1. The van der Waals surface area contributed by atoms with Crippen LogP contribution in [0.3, 0.4) is 0 Å². The molecule has 1 aromatic heterocycles. The maximum atomic E-state index is 11.4. The monoisotopic (exact) mass is 334 g/mol. The molecule has 23 heavy (non-hydrogen) atoms. The van der Waals surface area contributed by atoms with Crippen molar-refractivity contribution < 1.29 is 13.5 Å².